The summed E-state index contributed by atoms with van der Waals surface area (Å²) < 4.78 is 0. The predicted molar refractivity (Wildman–Crippen MR) is 70.1 cm³/mol. The van der Waals surface area contributed by atoms with Gasteiger partial charge in [0, 0.05) is 12.2 Å². The van der Waals surface area contributed by atoms with Crippen LogP contribution in [0.5, 0.6) is 0 Å². The summed E-state index contributed by atoms with van der Waals surface area (Å²) in [4.78, 5) is 14.2. The fraction of sp³-hybridized carbons (Fsp3) is 0.500. The summed E-state index contributed by atoms with van der Waals surface area (Å²) in [7, 11) is 2.06. The Balaban J connectivity index is 1.93. The Bertz CT molecular complexity index is 386. The highest BCUT2D eigenvalue weighted by Gasteiger charge is 2.25. The summed E-state index contributed by atoms with van der Waals surface area (Å²) in [6.45, 7) is 4.02. The minimum Gasteiger partial charge on any atom is -0.326 e. The van der Waals surface area contributed by atoms with Crippen molar-refractivity contribution >= 4 is 11.6 Å². The summed E-state index contributed by atoms with van der Waals surface area (Å²) in [6, 6.07) is 8.09. The molecule has 1 atom stereocenters. The molecule has 1 aromatic rings. The highest BCUT2D eigenvalue weighted by Crippen LogP contribution is 2.17. The van der Waals surface area contributed by atoms with E-state index in [4.69, 9.17) is 0 Å². The van der Waals surface area contributed by atoms with Crippen LogP contribution in [0.3, 0.4) is 0 Å². The van der Waals surface area contributed by atoms with E-state index in [1.165, 1.54) is 5.56 Å². The van der Waals surface area contributed by atoms with Crippen molar-refractivity contribution in [3.8, 4) is 0 Å². The first-order valence-corrected chi connectivity index (χ1v) is 6.27. The van der Waals surface area contributed by atoms with E-state index in [1.807, 2.05) is 12.1 Å². The average Bonchev–Trinajstić information content (AvgIpc) is 2.77. The van der Waals surface area contributed by atoms with Crippen molar-refractivity contribution in [3.63, 3.8) is 0 Å². The average molecular weight is 232 g/mol. The van der Waals surface area contributed by atoms with Crippen LogP contribution >= 0.6 is 0 Å². The Morgan fingerprint density at radius 1 is 1.41 bits per heavy atom. The predicted octanol–water partition coefficient (Wildman–Crippen LogP) is 2.14. The second-order valence-corrected chi connectivity index (χ2v) is 4.79. The lowest BCUT2D eigenvalue weighted by atomic mass is 10.1. The zero-order valence-electron chi connectivity index (χ0n) is 10.6. The summed E-state index contributed by atoms with van der Waals surface area (Å²) in [5.41, 5.74) is 2.20. The Morgan fingerprint density at radius 3 is 2.65 bits per heavy atom. The maximum absolute atomic E-state index is 12.0. The smallest absolute Gasteiger partial charge is 0.228 e. The second-order valence-electron chi connectivity index (χ2n) is 4.79. The second kappa shape index (κ2) is 5.32. The molecule has 3 heteroatoms. The molecule has 0 radical (unpaired) electrons. The summed E-state index contributed by atoms with van der Waals surface area (Å²) in [5.74, 6) is 0.296. The molecule has 0 saturated carbocycles. The topological polar surface area (TPSA) is 32.3 Å². The first-order valence-electron chi connectivity index (χ1n) is 6.27. The van der Waals surface area contributed by atoms with Gasteiger partial charge >= 0.3 is 0 Å². The third kappa shape index (κ3) is 3.07. The molecule has 2 rings (SSSR count). The Labute approximate surface area is 103 Å². The molecule has 92 valence electrons. The Kier molecular flexibility index (Phi) is 3.79. The number of amides is 1. The van der Waals surface area contributed by atoms with Crippen molar-refractivity contribution in [2.45, 2.75) is 19.8 Å². The maximum atomic E-state index is 12.0. The summed E-state index contributed by atoms with van der Waals surface area (Å²) >= 11 is 0. The van der Waals surface area contributed by atoms with Gasteiger partial charge in [-0.1, -0.05) is 19.1 Å². The number of anilines is 1. The van der Waals surface area contributed by atoms with Crippen LogP contribution < -0.4 is 5.32 Å². The highest BCUT2D eigenvalue weighted by atomic mass is 16.1. The molecule has 1 aliphatic rings. The van der Waals surface area contributed by atoms with E-state index in [0.717, 1.165) is 31.6 Å². The maximum Gasteiger partial charge on any atom is 0.228 e. The monoisotopic (exact) mass is 232 g/mol. The standard InChI is InChI=1S/C14H20N2O/c1-3-11-4-6-13(7-5-11)15-14(17)12-8-9-16(2)10-12/h4-7,12H,3,8-10H2,1-2H3,(H,15,17). The van der Waals surface area contributed by atoms with Gasteiger partial charge in [-0.05, 0) is 44.1 Å². The van der Waals surface area contributed by atoms with Gasteiger partial charge in [-0.2, -0.15) is 0 Å². The molecule has 0 aliphatic carbocycles. The SMILES string of the molecule is CCc1ccc(NC(=O)C2CCN(C)C2)cc1. The quantitative estimate of drug-likeness (QED) is 0.866. The van der Waals surface area contributed by atoms with Gasteiger partial charge < -0.3 is 10.2 Å². The number of carbonyl (C=O) groups excluding carboxylic acids is 1. The Hall–Kier alpha value is -1.35. The lowest BCUT2D eigenvalue weighted by Crippen LogP contribution is -2.25. The number of hydrogen-bond acceptors (Lipinski definition) is 2. The van der Waals surface area contributed by atoms with Gasteiger partial charge in [0.05, 0.1) is 5.92 Å². The number of rotatable bonds is 3. The van der Waals surface area contributed by atoms with Crippen molar-refractivity contribution in [2.24, 2.45) is 5.92 Å². The molecular formula is C14H20N2O. The zero-order chi connectivity index (χ0) is 12.3. The van der Waals surface area contributed by atoms with Crippen LogP contribution in [0.4, 0.5) is 5.69 Å². The van der Waals surface area contributed by atoms with E-state index in [1.54, 1.807) is 0 Å². The highest BCUT2D eigenvalue weighted by molar-refractivity contribution is 5.92. The minimum absolute atomic E-state index is 0.144. The first kappa shape index (κ1) is 12.1. The van der Waals surface area contributed by atoms with E-state index >= 15 is 0 Å². The largest absolute Gasteiger partial charge is 0.326 e. The number of nitrogens with zero attached hydrogens (tertiary/aromatic N) is 1. The number of hydrogen-bond donors (Lipinski definition) is 1. The van der Waals surface area contributed by atoms with Gasteiger partial charge in [-0.15, -0.1) is 0 Å². The van der Waals surface area contributed by atoms with Crippen molar-refractivity contribution in [3.05, 3.63) is 29.8 Å². The number of carbonyl (C=O) groups is 1. The molecule has 17 heavy (non-hydrogen) atoms. The molecule has 0 bridgehead atoms. The van der Waals surface area contributed by atoms with Gasteiger partial charge in [-0.25, -0.2) is 0 Å². The molecule has 1 N–H and O–H groups in total. The van der Waals surface area contributed by atoms with Gasteiger partial charge in [0.25, 0.3) is 0 Å². The molecular weight excluding hydrogens is 212 g/mol. The van der Waals surface area contributed by atoms with E-state index in [-0.39, 0.29) is 11.8 Å². The van der Waals surface area contributed by atoms with E-state index in [9.17, 15) is 4.79 Å². The zero-order valence-corrected chi connectivity index (χ0v) is 10.6. The van der Waals surface area contributed by atoms with Crippen molar-refractivity contribution in [1.29, 1.82) is 0 Å². The lowest BCUT2D eigenvalue weighted by molar-refractivity contribution is -0.119. The number of likely N-dealkylation sites (tertiary alicyclic amines) is 1. The van der Waals surface area contributed by atoms with Crippen LogP contribution in [0.25, 0.3) is 0 Å². The molecule has 1 saturated heterocycles. The van der Waals surface area contributed by atoms with Crippen LogP contribution in [0.15, 0.2) is 24.3 Å². The normalized spacial score (nSPS) is 20.5. The molecule has 1 unspecified atom stereocenters. The minimum atomic E-state index is 0.144. The summed E-state index contributed by atoms with van der Waals surface area (Å²) in [6.07, 6.45) is 2.00. The first-order chi connectivity index (χ1) is 8.19. The molecule has 1 amide bonds. The van der Waals surface area contributed by atoms with E-state index in [2.05, 4.69) is 36.3 Å². The third-order valence-corrected chi connectivity index (χ3v) is 3.39. The lowest BCUT2D eigenvalue weighted by Gasteiger charge is -2.11. The van der Waals surface area contributed by atoms with Gasteiger partial charge in [0.2, 0.25) is 5.91 Å². The van der Waals surface area contributed by atoms with Gasteiger partial charge in [0.15, 0.2) is 0 Å². The molecule has 1 fully saturated rings. The molecule has 0 spiro atoms. The van der Waals surface area contributed by atoms with Crippen LogP contribution in [0, 0.1) is 5.92 Å². The number of benzene rings is 1. The molecule has 1 aromatic carbocycles. The molecule has 3 nitrogen and oxygen atoms in total. The number of nitrogens with one attached hydrogen (secondary N) is 1. The van der Waals surface area contributed by atoms with Crippen LogP contribution in [0.1, 0.15) is 18.9 Å². The fourth-order valence-electron chi connectivity index (χ4n) is 2.22. The van der Waals surface area contributed by atoms with E-state index in [0.29, 0.717) is 0 Å². The summed E-state index contributed by atoms with van der Waals surface area (Å²) in [5, 5.41) is 2.99. The molecule has 0 aromatic heterocycles. The van der Waals surface area contributed by atoms with Crippen LogP contribution in [-0.4, -0.2) is 30.9 Å². The molecule has 1 heterocycles. The Morgan fingerprint density at radius 2 is 2.12 bits per heavy atom. The van der Waals surface area contributed by atoms with Crippen molar-refractivity contribution < 1.29 is 4.79 Å². The van der Waals surface area contributed by atoms with E-state index < -0.39 is 0 Å². The van der Waals surface area contributed by atoms with Crippen LogP contribution in [0.2, 0.25) is 0 Å². The fourth-order valence-corrected chi connectivity index (χ4v) is 2.22. The van der Waals surface area contributed by atoms with Crippen molar-refractivity contribution in [2.75, 3.05) is 25.5 Å². The third-order valence-electron chi connectivity index (χ3n) is 3.39. The number of aryl methyl sites for hydroxylation is 1. The molecule has 1 aliphatic heterocycles. The van der Waals surface area contributed by atoms with Gasteiger partial charge in [-0.3, -0.25) is 4.79 Å². The van der Waals surface area contributed by atoms with Gasteiger partial charge in [0.1, 0.15) is 0 Å². The van der Waals surface area contributed by atoms with Crippen LogP contribution in [-0.2, 0) is 11.2 Å². The van der Waals surface area contributed by atoms with Crippen molar-refractivity contribution in [1.82, 2.24) is 4.90 Å².